The number of aryl methyl sites for hydroxylation is 1. The monoisotopic (exact) mass is 678 g/mol. The summed E-state index contributed by atoms with van der Waals surface area (Å²) in [6.45, 7) is 3.14. The molecule has 0 saturated heterocycles. The first-order valence-corrected chi connectivity index (χ1v) is 15.5. The molecule has 1 amide bonds. The summed E-state index contributed by atoms with van der Waals surface area (Å²) in [5, 5.41) is 5.32. The number of hydrogen-bond donors (Lipinski definition) is 1. The Labute approximate surface area is 270 Å². The molecule has 10 nitrogen and oxygen atoms in total. The van der Waals surface area contributed by atoms with E-state index in [9.17, 15) is 13.2 Å². The van der Waals surface area contributed by atoms with Crippen LogP contribution in [0.3, 0.4) is 0 Å². The molecule has 0 aliphatic carbocycles. The first kappa shape index (κ1) is 33.0. The lowest BCUT2D eigenvalue weighted by atomic mass is 10.2. The van der Waals surface area contributed by atoms with Crippen molar-refractivity contribution in [1.29, 1.82) is 0 Å². The van der Waals surface area contributed by atoms with Crippen molar-refractivity contribution in [3.63, 3.8) is 0 Å². The van der Waals surface area contributed by atoms with Crippen molar-refractivity contribution in [3.8, 4) is 22.9 Å². The second-order valence-corrected chi connectivity index (χ2v) is 12.6. The van der Waals surface area contributed by atoms with Gasteiger partial charge in [-0.1, -0.05) is 34.8 Å². The van der Waals surface area contributed by atoms with E-state index in [0.717, 1.165) is 21.4 Å². The highest BCUT2D eigenvalue weighted by Crippen LogP contribution is 2.37. The quantitative estimate of drug-likeness (QED) is 0.145. The van der Waals surface area contributed by atoms with Crippen molar-refractivity contribution in [2.75, 3.05) is 32.2 Å². The summed E-state index contributed by atoms with van der Waals surface area (Å²) in [6, 6.07) is 15.6. The summed E-state index contributed by atoms with van der Waals surface area (Å²) < 4.78 is 46.7. The normalized spacial score (nSPS) is 11.5. The fraction of sp³-hybridized carbons (Fsp3) is 0.200. The predicted molar refractivity (Wildman–Crippen MR) is 173 cm³/mol. The number of carbonyl (C=O) groups is 1. The zero-order chi connectivity index (χ0) is 32.2. The van der Waals surface area contributed by atoms with Gasteiger partial charge in [-0.15, -0.1) is 0 Å². The van der Waals surface area contributed by atoms with Crippen molar-refractivity contribution < 1.29 is 27.4 Å². The molecule has 0 aliphatic heterocycles. The number of benzene rings is 3. The number of aromatic nitrogens is 1. The van der Waals surface area contributed by atoms with E-state index >= 15 is 0 Å². The van der Waals surface area contributed by atoms with E-state index in [1.54, 1.807) is 24.3 Å². The third-order valence-corrected chi connectivity index (χ3v) is 9.04. The van der Waals surface area contributed by atoms with Crippen LogP contribution in [0.15, 0.2) is 70.7 Å². The Morgan fingerprint density at radius 2 is 1.50 bits per heavy atom. The summed E-state index contributed by atoms with van der Waals surface area (Å²) in [6.07, 6.45) is 1.47. The lowest BCUT2D eigenvalue weighted by Gasteiger charge is -2.25. The molecule has 0 aliphatic rings. The van der Waals surface area contributed by atoms with Crippen molar-refractivity contribution in [2.24, 2.45) is 5.10 Å². The van der Waals surface area contributed by atoms with Crippen LogP contribution in [0.2, 0.25) is 15.1 Å². The minimum atomic E-state index is -4.36. The number of hydrogen-bond acceptors (Lipinski definition) is 7. The summed E-state index contributed by atoms with van der Waals surface area (Å²) in [5.41, 5.74) is 5.66. The Kier molecular flexibility index (Phi) is 10.4. The second kappa shape index (κ2) is 13.8. The van der Waals surface area contributed by atoms with E-state index in [1.807, 2.05) is 24.5 Å². The zero-order valence-corrected chi connectivity index (χ0v) is 27.5. The topological polar surface area (TPSA) is 111 Å². The Bertz CT molecular complexity index is 1820. The molecule has 1 N–H and O–H groups in total. The number of nitrogens with one attached hydrogen (secondary N) is 1. The molecular weight excluding hydrogens is 651 g/mol. The number of carbonyl (C=O) groups excluding carboxylic acids is 1. The van der Waals surface area contributed by atoms with E-state index in [0.29, 0.717) is 21.4 Å². The van der Waals surface area contributed by atoms with Gasteiger partial charge in [0.15, 0.2) is 11.5 Å². The number of methoxy groups -OCH3 is 3. The zero-order valence-electron chi connectivity index (χ0n) is 24.4. The molecule has 1 heterocycles. The highest BCUT2D eigenvalue weighted by molar-refractivity contribution is 7.92. The Hall–Kier alpha value is -3.90. The van der Waals surface area contributed by atoms with Gasteiger partial charge in [-0.25, -0.2) is 13.8 Å². The molecule has 3 aromatic carbocycles. The smallest absolute Gasteiger partial charge is 0.265 e. The molecule has 0 radical (unpaired) electrons. The molecule has 0 spiro atoms. The summed E-state index contributed by atoms with van der Waals surface area (Å²) >= 11 is 18.6. The first-order chi connectivity index (χ1) is 20.9. The van der Waals surface area contributed by atoms with Crippen LogP contribution >= 0.6 is 34.8 Å². The van der Waals surface area contributed by atoms with Crippen molar-refractivity contribution in [2.45, 2.75) is 18.7 Å². The molecule has 0 saturated carbocycles. The molecule has 0 fully saturated rings. The van der Waals surface area contributed by atoms with Gasteiger partial charge in [-0.2, -0.15) is 5.10 Å². The third-order valence-electron chi connectivity index (χ3n) is 6.61. The van der Waals surface area contributed by atoms with Gasteiger partial charge in [-0.05, 0) is 68.4 Å². The van der Waals surface area contributed by atoms with Gasteiger partial charge < -0.3 is 18.8 Å². The maximum Gasteiger partial charge on any atom is 0.265 e. The summed E-state index contributed by atoms with van der Waals surface area (Å²) in [4.78, 5) is 13.0. The van der Waals surface area contributed by atoms with E-state index in [1.165, 1.54) is 57.9 Å². The number of rotatable bonds is 11. The van der Waals surface area contributed by atoms with Crippen molar-refractivity contribution in [1.82, 2.24) is 9.99 Å². The highest BCUT2D eigenvalue weighted by atomic mass is 35.5. The highest BCUT2D eigenvalue weighted by Gasteiger charge is 2.30. The minimum absolute atomic E-state index is 0.0534. The Balaban J connectivity index is 1.64. The molecule has 232 valence electrons. The van der Waals surface area contributed by atoms with Crippen LogP contribution < -0.4 is 23.9 Å². The average molecular weight is 680 g/mol. The van der Waals surface area contributed by atoms with Gasteiger partial charge >= 0.3 is 0 Å². The van der Waals surface area contributed by atoms with Gasteiger partial charge in [0, 0.05) is 43.8 Å². The molecule has 4 rings (SSSR count). The lowest BCUT2D eigenvalue weighted by molar-refractivity contribution is -0.119. The third kappa shape index (κ3) is 7.07. The SMILES string of the molecule is COc1ccc(S(=O)(=O)N(CC(=O)N/N=C\c2cc(C)n(-c3cc(Cl)cc(Cl)c3)c2C)c2cc(Cl)ccc2OC)cc1OC. The Morgan fingerprint density at radius 1 is 0.864 bits per heavy atom. The maximum absolute atomic E-state index is 14.0. The number of hydrazone groups is 1. The maximum atomic E-state index is 14.0. The molecule has 1 aromatic heterocycles. The molecule has 14 heteroatoms. The van der Waals surface area contributed by atoms with Crippen molar-refractivity contribution in [3.05, 3.63) is 92.7 Å². The standard InChI is InChI=1S/C30H29Cl3N4O6S/c1-18-10-20(19(2)37(18)24-12-22(32)11-23(33)13-24)16-34-35-30(38)17-36(26-14-21(31)6-8-27(26)41-3)44(39,40)25-7-9-28(42-4)29(15-25)43-5/h6-16H,17H2,1-5H3,(H,35,38)/b34-16-. The fourth-order valence-electron chi connectivity index (χ4n) is 4.59. The van der Waals surface area contributed by atoms with Gasteiger partial charge in [0.05, 0.1) is 38.1 Å². The number of amides is 1. The van der Waals surface area contributed by atoms with Crippen LogP contribution in [0, 0.1) is 13.8 Å². The summed E-state index contributed by atoms with van der Waals surface area (Å²) in [5.74, 6) is -0.00686. The Morgan fingerprint density at radius 3 is 2.14 bits per heavy atom. The minimum Gasteiger partial charge on any atom is -0.495 e. The van der Waals surface area contributed by atoms with Gasteiger partial charge in [0.2, 0.25) is 0 Å². The lowest BCUT2D eigenvalue weighted by Crippen LogP contribution is -2.39. The van der Waals surface area contributed by atoms with Gasteiger partial charge in [-0.3, -0.25) is 9.10 Å². The molecular formula is C30H29Cl3N4O6S. The number of sulfonamides is 1. The van der Waals surface area contributed by atoms with E-state index in [2.05, 4.69) is 10.5 Å². The van der Waals surface area contributed by atoms with Gasteiger partial charge in [0.25, 0.3) is 15.9 Å². The van der Waals surface area contributed by atoms with Crippen LogP contribution in [0.4, 0.5) is 5.69 Å². The van der Waals surface area contributed by atoms with Crippen LogP contribution in [-0.2, 0) is 14.8 Å². The molecule has 4 aromatic rings. The largest absolute Gasteiger partial charge is 0.495 e. The van der Waals surface area contributed by atoms with Gasteiger partial charge in [0.1, 0.15) is 12.3 Å². The van der Waals surface area contributed by atoms with E-state index in [4.69, 9.17) is 49.0 Å². The van der Waals surface area contributed by atoms with Crippen LogP contribution in [0.1, 0.15) is 17.0 Å². The first-order valence-electron chi connectivity index (χ1n) is 12.9. The predicted octanol–water partition coefficient (Wildman–Crippen LogP) is 6.43. The van der Waals surface area contributed by atoms with E-state index in [-0.39, 0.29) is 27.1 Å². The van der Waals surface area contributed by atoms with Crippen LogP contribution in [0.5, 0.6) is 17.2 Å². The number of nitrogens with zero attached hydrogens (tertiary/aromatic N) is 3. The molecule has 0 unspecified atom stereocenters. The number of anilines is 1. The molecule has 44 heavy (non-hydrogen) atoms. The second-order valence-electron chi connectivity index (χ2n) is 9.43. The fourth-order valence-corrected chi connectivity index (χ4v) is 6.71. The molecule has 0 bridgehead atoms. The van der Waals surface area contributed by atoms with Crippen LogP contribution in [-0.4, -0.2) is 53.0 Å². The molecule has 0 atom stereocenters. The number of halogens is 3. The van der Waals surface area contributed by atoms with Crippen LogP contribution in [0.25, 0.3) is 5.69 Å². The van der Waals surface area contributed by atoms with E-state index < -0.39 is 22.5 Å². The van der Waals surface area contributed by atoms with Crippen molar-refractivity contribution >= 4 is 62.6 Å². The summed E-state index contributed by atoms with van der Waals surface area (Å²) in [7, 11) is -0.154. The average Bonchev–Trinajstić information content (AvgIpc) is 3.26. The number of ether oxygens (including phenoxy) is 3.